The number of carbonyl (C=O) groups excluding carboxylic acids is 1. The monoisotopic (exact) mass is 348 g/mol. The van der Waals surface area contributed by atoms with Crippen LogP contribution in [0.4, 0.5) is 13.2 Å². The van der Waals surface area contributed by atoms with E-state index in [9.17, 15) is 18.0 Å². The Morgan fingerprint density at radius 2 is 2.00 bits per heavy atom. The van der Waals surface area contributed by atoms with Gasteiger partial charge in [0.25, 0.3) is 5.91 Å². The van der Waals surface area contributed by atoms with E-state index in [0.717, 1.165) is 11.8 Å². The third-order valence-electron chi connectivity index (χ3n) is 4.56. The first-order chi connectivity index (χ1) is 11.9. The number of piperidine rings is 1. The van der Waals surface area contributed by atoms with Crippen LogP contribution in [-0.4, -0.2) is 28.9 Å². The van der Waals surface area contributed by atoms with Crippen LogP contribution < -0.4 is 0 Å². The number of aromatic nitrogens is 1. The predicted molar refractivity (Wildman–Crippen MR) is 88.3 cm³/mol. The standard InChI is InChI=1S/C19H19F3N2O/c1-13-11-14(8-9-23-13)18(25)24-10-4-5-15(12-24)16-6-2-3-7-17(16)19(20,21)22/h2-3,6-9,11,15H,4-5,10,12H2,1H3. The number of hydrogen-bond acceptors (Lipinski definition) is 2. The fraction of sp³-hybridized carbons (Fsp3) is 0.368. The Labute approximate surface area is 144 Å². The number of pyridine rings is 1. The third-order valence-corrected chi connectivity index (χ3v) is 4.56. The first-order valence-corrected chi connectivity index (χ1v) is 8.24. The number of halogens is 3. The molecule has 1 fully saturated rings. The Bertz CT molecular complexity index is 773. The molecule has 0 radical (unpaired) electrons. The Morgan fingerprint density at radius 1 is 1.24 bits per heavy atom. The van der Waals surface area contributed by atoms with E-state index in [-0.39, 0.29) is 17.4 Å². The maximum atomic E-state index is 13.3. The minimum absolute atomic E-state index is 0.153. The fourth-order valence-electron chi connectivity index (χ4n) is 3.39. The summed E-state index contributed by atoms with van der Waals surface area (Å²) in [5, 5.41) is 0. The zero-order valence-electron chi connectivity index (χ0n) is 13.9. The Morgan fingerprint density at radius 3 is 2.72 bits per heavy atom. The summed E-state index contributed by atoms with van der Waals surface area (Å²) in [5.74, 6) is -0.460. The summed E-state index contributed by atoms with van der Waals surface area (Å²) >= 11 is 0. The largest absolute Gasteiger partial charge is 0.416 e. The molecule has 1 saturated heterocycles. The van der Waals surface area contributed by atoms with Gasteiger partial charge in [0, 0.05) is 36.5 Å². The summed E-state index contributed by atoms with van der Waals surface area (Å²) in [5.41, 5.74) is 0.937. The molecule has 1 atom stereocenters. The molecule has 1 aromatic heterocycles. The molecule has 6 heteroatoms. The van der Waals surface area contributed by atoms with Crippen molar-refractivity contribution in [2.24, 2.45) is 0 Å². The highest BCUT2D eigenvalue weighted by atomic mass is 19.4. The van der Waals surface area contributed by atoms with Gasteiger partial charge in [-0.1, -0.05) is 18.2 Å². The minimum Gasteiger partial charge on any atom is -0.338 e. The lowest BCUT2D eigenvalue weighted by atomic mass is 9.87. The predicted octanol–water partition coefficient (Wildman–Crippen LogP) is 4.43. The smallest absolute Gasteiger partial charge is 0.338 e. The molecule has 1 aromatic carbocycles. The van der Waals surface area contributed by atoms with E-state index < -0.39 is 11.7 Å². The molecule has 1 unspecified atom stereocenters. The summed E-state index contributed by atoms with van der Waals surface area (Å²) in [7, 11) is 0. The second-order valence-corrected chi connectivity index (χ2v) is 6.36. The number of amides is 1. The fourth-order valence-corrected chi connectivity index (χ4v) is 3.39. The molecule has 2 aromatic rings. The lowest BCUT2D eigenvalue weighted by molar-refractivity contribution is -0.138. The van der Waals surface area contributed by atoms with E-state index in [4.69, 9.17) is 0 Å². The van der Waals surface area contributed by atoms with Gasteiger partial charge in [0.2, 0.25) is 0 Å². The zero-order chi connectivity index (χ0) is 18.0. The number of carbonyl (C=O) groups is 1. The van der Waals surface area contributed by atoms with Gasteiger partial charge in [-0.15, -0.1) is 0 Å². The van der Waals surface area contributed by atoms with E-state index in [1.165, 1.54) is 12.1 Å². The van der Waals surface area contributed by atoms with Crippen LogP contribution in [0.15, 0.2) is 42.6 Å². The average Bonchev–Trinajstić information content (AvgIpc) is 2.60. The molecule has 25 heavy (non-hydrogen) atoms. The van der Waals surface area contributed by atoms with Crippen molar-refractivity contribution < 1.29 is 18.0 Å². The van der Waals surface area contributed by atoms with Gasteiger partial charge in [-0.3, -0.25) is 9.78 Å². The summed E-state index contributed by atoms with van der Waals surface area (Å²) in [6.45, 7) is 2.66. The van der Waals surface area contributed by atoms with Crippen LogP contribution in [0.25, 0.3) is 0 Å². The molecular weight excluding hydrogens is 329 g/mol. The van der Waals surface area contributed by atoms with Gasteiger partial charge in [0.1, 0.15) is 0 Å². The molecule has 3 nitrogen and oxygen atoms in total. The van der Waals surface area contributed by atoms with Gasteiger partial charge in [0.15, 0.2) is 0 Å². The maximum absolute atomic E-state index is 13.3. The SMILES string of the molecule is Cc1cc(C(=O)N2CCCC(c3ccccc3C(F)(F)F)C2)ccn1. The molecule has 0 spiro atoms. The maximum Gasteiger partial charge on any atom is 0.416 e. The van der Waals surface area contributed by atoms with Crippen LogP contribution in [0.1, 0.15) is 45.9 Å². The number of likely N-dealkylation sites (tertiary alicyclic amines) is 1. The molecular formula is C19H19F3N2O. The topological polar surface area (TPSA) is 33.2 Å². The number of benzene rings is 1. The highest BCUT2D eigenvalue weighted by Crippen LogP contribution is 2.38. The Kier molecular flexibility index (Phi) is 4.79. The van der Waals surface area contributed by atoms with Crippen molar-refractivity contribution in [3.8, 4) is 0 Å². The molecule has 0 N–H and O–H groups in total. The van der Waals surface area contributed by atoms with E-state index in [1.807, 2.05) is 0 Å². The number of rotatable bonds is 2. The first-order valence-electron chi connectivity index (χ1n) is 8.24. The second kappa shape index (κ2) is 6.86. The molecule has 132 valence electrons. The normalized spacial score (nSPS) is 18.2. The van der Waals surface area contributed by atoms with Gasteiger partial charge >= 0.3 is 6.18 Å². The molecule has 1 aliphatic rings. The van der Waals surface area contributed by atoms with Gasteiger partial charge in [-0.25, -0.2) is 0 Å². The van der Waals surface area contributed by atoms with E-state index in [0.29, 0.717) is 31.5 Å². The van der Waals surface area contributed by atoms with Crippen LogP contribution >= 0.6 is 0 Å². The van der Waals surface area contributed by atoms with Crippen molar-refractivity contribution in [3.05, 3.63) is 65.0 Å². The van der Waals surface area contributed by atoms with Crippen molar-refractivity contribution in [2.45, 2.75) is 31.9 Å². The molecule has 0 saturated carbocycles. The van der Waals surface area contributed by atoms with Crippen molar-refractivity contribution in [3.63, 3.8) is 0 Å². The Balaban J connectivity index is 1.84. The lowest BCUT2D eigenvalue weighted by Gasteiger charge is -2.34. The molecule has 0 bridgehead atoms. The molecule has 1 aliphatic heterocycles. The van der Waals surface area contributed by atoms with Crippen molar-refractivity contribution in [2.75, 3.05) is 13.1 Å². The van der Waals surface area contributed by atoms with E-state index in [1.54, 1.807) is 36.2 Å². The van der Waals surface area contributed by atoms with Gasteiger partial charge in [-0.05, 0) is 43.5 Å². The summed E-state index contributed by atoms with van der Waals surface area (Å²) in [4.78, 5) is 18.4. The van der Waals surface area contributed by atoms with Crippen LogP contribution in [-0.2, 0) is 6.18 Å². The highest BCUT2D eigenvalue weighted by Gasteiger charge is 2.36. The van der Waals surface area contributed by atoms with Crippen LogP contribution in [0.5, 0.6) is 0 Å². The van der Waals surface area contributed by atoms with Crippen LogP contribution in [0.2, 0.25) is 0 Å². The number of hydrogen-bond donors (Lipinski definition) is 0. The second-order valence-electron chi connectivity index (χ2n) is 6.36. The third kappa shape index (κ3) is 3.83. The summed E-state index contributed by atoms with van der Waals surface area (Å²) < 4.78 is 39.8. The van der Waals surface area contributed by atoms with E-state index in [2.05, 4.69) is 4.98 Å². The lowest BCUT2D eigenvalue weighted by Crippen LogP contribution is -2.39. The molecule has 3 rings (SSSR count). The average molecular weight is 348 g/mol. The van der Waals surface area contributed by atoms with Gasteiger partial charge in [-0.2, -0.15) is 13.2 Å². The number of aryl methyl sites for hydroxylation is 1. The van der Waals surface area contributed by atoms with Crippen LogP contribution in [0, 0.1) is 6.92 Å². The number of nitrogens with zero attached hydrogens (tertiary/aromatic N) is 2. The number of alkyl halides is 3. The van der Waals surface area contributed by atoms with Crippen molar-refractivity contribution in [1.29, 1.82) is 0 Å². The summed E-state index contributed by atoms with van der Waals surface area (Å²) in [6, 6.07) is 9.01. The zero-order valence-corrected chi connectivity index (χ0v) is 13.9. The van der Waals surface area contributed by atoms with Crippen LogP contribution in [0.3, 0.4) is 0 Å². The van der Waals surface area contributed by atoms with Gasteiger partial charge < -0.3 is 4.90 Å². The molecule has 1 amide bonds. The first kappa shape index (κ1) is 17.5. The highest BCUT2D eigenvalue weighted by molar-refractivity contribution is 5.94. The molecule has 0 aliphatic carbocycles. The molecule has 2 heterocycles. The van der Waals surface area contributed by atoms with Crippen molar-refractivity contribution >= 4 is 5.91 Å². The van der Waals surface area contributed by atoms with Gasteiger partial charge in [0.05, 0.1) is 5.56 Å². The van der Waals surface area contributed by atoms with E-state index >= 15 is 0 Å². The minimum atomic E-state index is -4.38. The quantitative estimate of drug-likeness (QED) is 0.804. The summed E-state index contributed by atoms with van der Waals surface area (Å²) in [6.07, 6.45) is -1.48. The Hall–Kier alpha value is -2.37. The van der Waals surface area contributed by atoms with Crippen molar-refractivity contribution in [1.82, 2.24) is 9.88 Å².